The average Bonchev–Trinajstić information content (AvgIpc) is 2.65. The highest BCUT2D eigenvalue weighted by Crippen LogP contribution is 2.07. The highest BCUT2D eigenvalue weighted by atomic mass is 32.1. The fraction of sp³-hybridized carbons (Fsp3) is 0.667. The maximum Gasteiger partial charge on any atom is 0.275 e. The van der Waals surface area contributed by atoms with E-state index in [0.29, 0.717) is 12.2 Å². The molecule has 84 valence electrons. The first kappa shape index (κ1) is 12.1. The van der Waals surface area contributed by atoms with E-state index in [1.165, 1.54) is 6.20 Å². The van der Waals surface area contributed by atoms with Crippen LogP contribution in [0.2, 0.25) is 0 Å². The molecule has 0 aliphatic heterocycles. The summed E-state index contributed by atoms with van der Waals surface area (Å²) >= 11 is 1.01. The molecule has 1 heterocycles. The normalized spacial score (nSPS) is 12.9. The Kier molecular flexibility index (Phi) is 4.16. The van der Waals surface area contributed by atoms with Gasteiger partial charge in [-0.15, -0.1) is 0 Å². The molecule has 1 atom stereocenters. The first-order chi connectivity index (χ1) is 7.02. The molecule has 1 unspecified atom stereocenters. The van der Waals surface area contributed by atoms with Crippen LogP contribution >= 0.6 is 11.7 Å². The van der Waals surface area contributed by atoms with Gasteiger partial charge >= 0.3 is 0 Å². The Morgan fingerprint density at radius 1 is 1.60 bits per heavy atom. The van der Waals surface area contributed by atoms with Gasteiger partial charge in [-0.1, -0.05) is 0 Å². The van der Waals surface area contributed by atoms with Crippen molar-refractivity contribution in [2.75, 3.05) is 6.54 Å². The SMILES string of the molecule is CC(O)CN(C(=O)c1cnsn1)C(C)C. The van der Waals surface area contributed by atoms with E-state index in [2.05, 4.69) is 8.75 Å². The third-order valence-corrected chi connectivity index (χ3v) is 2.40. The highest BCUT2D eigenvalue weighted by Gasteiger charge is 2.21. The molecule has 6 heteroatoms. The molecule has 1 aromatic rings. The van der Waals surface area contributed by atoms with Crippen molar-refractivity contribution in [3.63, 3.8) is 0 Å². The predicted octanol–water partition coefficient (Wildman–Crippen LogP) is 0.770. The quantitative estimate of drug-likeness (QED) is 0.828. The zero-order valence-corrected chi connectivity index (χ0v) is 9.86. The minimum absolute atomic E-state index is 0.0359. The number of aliphatic hydroxyl groups is 1. The van der Waals surface area contributed by atoms with E-state index in [4.69, 9.17) is 0 Å². The summed E-state index contributed by atoms with van der Waals surface area (Å²) in [5.74, 6) is -0.181. The van der Waals surface area contributed by atoms with Gasteiger partial charge in [-0.25, -0.2) is 0 Å². The van der Waals surface area contributed by atoms with Crippen LogP contribution in [0.25, 0.3) is 0 Å². The molecule has 0 spiro atoms. The van der Waals surface area contributed by atoms with Crippen molar-refractivity contribution in [3.8, 4) is 0 Å². The third-order valence-electron chi connectivity index (χ3n) is 1.93. The second-order valence-corrected chi connectivity index (χ2v) is 4.25. The van der Waals surface area contributed by atoms with Gasteiger partial charge in [-0.2, -0.15) is 8.75 Å². The molecule has 5 nitrogen and oxygen atoms in total. The van der Waals surface area contributed by atoms with Gasteiger partial charge in [0.2, 0.25) is 0 Å². The van der Waals surface area contributed by atoms with Gasteiger partial charge in [-0.3, -0.25) is 4.79 Å². The van der Waals surface area contributed by atoms with Crippen LogP contribution in [-0.2, 0) is 0 Å². The monoisotopic (exact) mass is 229 g/mol. The minimum Gasteiger partial charge on any atom is -0.392 e. The number of aliphatic hydroxyl groups excluding tert-OH is 1. The lowest BCUT2D eigenvalue weighted by atomic mass is 10.2. The molecule has 0 radical (unpaired) electrons. The lowest BCUT2D eigenvalue weighted by Crippen LogP contribution is -2.41. The number of carbonyl (C=O) groups is 1. The van der Waals surface area contributed by atoms with Gasteiger partial charge in [0.1, 0.15) is 0 Å². The van der Waals surface area contributed by atoms with Crippen molar-refractivity contribution in [3.05, 3.63) is 11.9 Å². The number of rotatable bonds is 4. The summed E-state index contributed by atoms with van der Waals surface area (Å²) in [6.07, 6.45) is 0.910. The number of hydrogen-bond donors (Lipinski definition) is 1. The lowest BCUT2D eigenvalue weighted by Gasteiger charge is -2.27. The van der Waals surface area contributed by atoms with Gasteiger partial charge < -0.3 is 10.0 Å². The van der Waals surface area contributed by atoms with Gasteiger partial charge in [0.25, 0.3) is 5.91 Å². The summed E-state index contributed by atoms with van der Waals surface area (Å²) in [4.78, 5) is 13.5. The first-order valence-electron chi connectivity index (χ1n) is 4.79. The molecule has 0 fully saturated rings. The fourth-order valence-corrected chi connectivity index (χ4v) is 1.63. The van der Waals surface area contributed by atoms with Crippen molar-refractivity contribution < 1.29 is 9.90 Å². The van der Waals surface area contributed by atoms with E-state index in [9.17, 15) is 9.90 Å². The second kappa shape index (κ2) is 5.18. The van der Waals surface area contributed by atoms with Crippen molar-refractivity contribution >= 4 is 17.6 Å². The molecule has 0 saturated carbocycles. The van der Waals surface area contributed by atoms with Crippen LogP contribution in [0.15, 0.2) is 6.20 Å². The van der Waals surface area contributed by atoms with Crippen LogP contribution < -0.4 is 0 Å². The molecular formula is C9H15N3O2S. The van der Waals surface area contributed by atoms with Crippen molar-refractivity contribution in [2.45, 2.75) is 32.9 Å². The smallest absolute Gasteiger partial charge is 0.275 e. The average molecular weight is 229 g/mol. The summed E-state index contributed by atoms with van der Waals surface area (Å²) in [5, 5.41) is 9.29. The molecule has 0 bridgehead atoms. The molecule has 0 aromatic carbocycles. The van der Waals surface area contributed by atoms with Gasteiger partial charge in [0.05, 0.1) is 24.0 Å². The highest BCUT2D eigenvalue weighted by molar-refractivity contribution is 6.99. The Hall–Kier alpha value is -1.01. The molecule has 0 saturated heterocycles. The van der Waals surface area contributed by atoms with Crippen LogP contribution in [0.4, 0.5) is 0 Å². The van der Waals surface area contributed by atoms with Gasteiger partial charge in [0, 0.05) is 12.6 Å². The molecular weight excluding hydrogens is 214 g/mol. The van der Waals surface area contributed by atoms with Crippen molar-refractivity contribution in [1.29, 1.82) is 0 Å². The van der Waals surface area contributed by atoms with E-state index >= 15 is 0 Å². The summed E-state index contributed by atoms with van der Waals surface area (Å²) in [5.41, 5.74) is 0.342. The molecule has 0 aliphatic carbocycles. The van der Waals surface area contributed by atoms with Crippen molar-refractivity contribution in [1.82, 2.24) is 13.6 Å². The first-order valence-corrected chi connectivity index (χ1v) is 5.52. The van der Waals surface area contributed by atoms with Crippen LogP contribution in [0, 0.1) is 0 Å². The van der Waals surface area contributed by atoms with E-state index in [1.807, 2.05) is 13.8 Å². The molecule has 1 N–H and O–H groups in total. The topological polar surface area (TPSA) is 66.3 Å². The van der Waals surface area contributed by atoms with Crippen LogP contribution in [0.1, 0.15) is 31.3 Å². The summed E-state index contributed by atoms with van der Waals surface area (Å²) in [6, 6.07) is 0.0359. The number of hydrogen-bond acceptors (Lipinski definition) is 5. The standard InChI is InChI=1S/C9H15N3O2S/c1-6(2)12(5-7(3)13)9(14)8-4-10-15-11-8/h4,6-7,13H,5H2,1-3H3. The summed E-state index contributed by atoms with van der Waals surface area (Å²) in [6.45, 7) is 5.77. The Bertz CT molecular complexity index is 311. The van der Waals surface area contributed by atoms with Gasteiger partial charge in [0.15, 0.2) is 5.69 Å². The Balaban J connectivity index is 2.76. The minimum atomic E-state index is -0.539. The van der Waals surface area contributed by atoms with E-state index in [-0.39, 0.29) is 11.9 Å². The largest absolute Gasteiger partial charge is 0.392 e. The number of aromatic nitrogens is 2. The zero-order valence-electron chi connectivity index (χ0n) is 9.04. The van der Waals surface area contributed by atoms with E-state index < -0.39 is 6.10 Å². The Morgan fingerprint density at radius 3 is 2.67 bits per heavy atom. The third kappa shape index (κ3) is 3.24. The molecule has 1 rings (SSSR count). The second-order valence-electron chi connectivity index (χ2n) is 3.69. The fourth-order valence-electron chi connectivity index (χ4n) is 1.22. The van der Waals surface area contributed by atoms with Crippen LogP contribution in [0.3, 0.4) is 0 Å². The zero-order chi connectivity index (χ0) is 11.4. The van der Waals surface area contributed by atoms with Crippen molar-refractivity contribution in [2.24, 2.45) is 0 Å². The predicted molar refractivity (Wildman–Crippen MR) is 57.8 cm³/mol. The molecule has 1 amide bonds. The Morgan fingerprint density at radius 2 is 2.27 bits per heavy atom. The van der Waals surface area contributed by atoms with Gasteiger partial charge in [-0.05, 0) is 20.8 Å². The molecule has 1 aromatic heterocycles. The van der Waals surface area contributed by atoms with E-state index in [0.717, 1.165) is 11.7 Å². The number of carbonyl (C=O) groups excluding carboxylic acids is 1. The summed E-state index contributed by atoms with van der Waals surface area (Å²) in [7, 11) is 0. The maximum absolute atomic E-state index is 11.9. The number of amides is 1. The van der Waals surface area contributed by atoms with Crippen LogP contribution in [0.5, 0.6) is 0 Å². The van der Waals surface area contributed by atoms with Crippen LogP contribution in [-0.4, -0.2) is 43.4 Å². The van der Waals surface area contributed by atoms with E-state index in [1.54, 1.807) is 11.8 Å². The maximum atomic E-state index is 11.9. The number of nitrogens with zero attached hydrogens (tertiary/aromatic N) is 3. The summed E-state index contributed by atoms with van der Waals surface area (Å²) < 4.78 is 7.67. The molecule has 15 heavy (non-hydrogen) atoms. The Labute approximate surface area is 93.1 Å². The molecule has 0 aliphatic rings. The lowest BCUT2D eigenvalue weighted by molar-refractivity contribution is 0.0574.